The van der Waals surface area contributed by atoms with Gasteiger partial charge >= 0.3 is 0 Å². The molecule has 0 aromatic heterocycles. The summed E-state index contributed by atoms with van der Waals surface area (Å²) in [5.41, 5.74) is 1.82. The highest BCUT2D eigenvalue weighted by Crippen LogP contribution is 2.32. The molecule has 2 aromatic carbocycles. The van der Waals surface area contributed by atoms with Crippen molar-refractivity contribution in [3.8, 4) is 11.5 Å². The minimum Gasteiger partial charge on any atom is -0.454 e. The molecule has 1 unspecified atom stereocenters. The van der Waals surface area contributed by atoms with Crippen molar-refractivity contribution in [2.75, 3.05) is 19.9 Å². The zero-order valence-corrected chi connectivity index (χ0v) is 16.4. The molecule has 2 aliphatic heterocycles. The minimum atomic E-state index is -0.640. The molecule has 0 saturated carbocycles. The molecule has 1 atom stereocenters. The second kappa shape index (κ2) is 8.99. The summed E-state index contributed by atoms with van der Waals surface area (Å²) in [4.78, 5) is 27.7. The third-order valence-electron chi connectivity index (χ3n) is 5.43. The van der Waals surface area contributed by atoms with Gasteiger partial charge in [0.1, 0.15) is 6.04 Å². The highest BCUT2D eigenvalue weighted by Gasteiger charge is 2.28. The maximum Gasteiger partial charge on any atom is 0.249 e. The largest absolute Gasteiger partial charge is 0.454 e. The van der Waals surface area contributed by atoms with E-state index in [9.17, 15) is 9.59 Å². The van der Waals surface area contributed by atoms with E-state index in [4.69, 9.17) is 9.47 Å². The van der Waals surface area contributed by atoms with Gasteiger partial charge in [-0.3, -0.25) is 9.59 Å². The Hall–Kier alpha value is -3.02. The quantitative estimate of drug-likeness (QED) is 0.817. The molecule has 0 radical (unpaired) electrons. The van der Waals surface area contributed by atoms with E-state index in [1.807, 2.05) is 53.4 Å². The summed E-state index contributed by atoms with van der Waals surface area (Å²) in [5, 5.41) is 2.97. The number of hydrogen-bond acceptors (Lipinski definition) is 4. The third kappa shape index (κ3) is 4.70. The van der Waals surface area contributed by atoms with Crippen LogP contribution >= 0.6 is 0 Å². The van der Waals surface area contributed by atoms with E-state index in [0.717, 1.165) is 49.2 Å². The highest BCUT2D eigenvalue weighted by atomic mass is 16.7. The first-order valence-electron chi connectivity index (χ1n) is 10.2. The second-order valence-corrected chi connectivity index (χ2v) is 7.48. The van der Waals surface area contributed by atoms with Gasteiger partial charge in [0.25, 0.3) is 0 Å². The summed E-state index contributed by atoms with van der Waals surface area (Å²) in [5.74, 6) is 1.29. The monoisotopic (exact) mass is 394 g/mol. The SMILES string of the molecule is O=C(CCc1ccc2c(c1)OCO2)NC(C(=O)N1CCCCC1)c1ccccc1. The lowest BCUT2D eigenvalue weighted by atomic mass is 10.0. The number of fused-ring (bicyclic) bond motifs is 1. The van der Waals surface area contributed by atoms with Crippen LogP contribution in [0.5, 0.6) is 11.5 Å². The van der Waals surface area contributed by atoms with Gasteiger partial charge in [-0.2, -0.15) is 0 Å². The van der Waals surface area contributed by atoms with E-state index in [1.54, 1.807) is 0 Å². The Morgan fingerprint density at radius 1 is 0.966 bits per heavy atom. The van der Waals surface area contributed by atoms with E-state index >= 15 is 0 Å². The fraction of sp³-hybridized carbons (Fsp3) is 0.391. The van der Waals surface area contributed by atoms with Gasteiger partial charge < -0.3 is 19.7 Å². The van der Waals surface area contributed by atoms with Crippen LogP contribution in [-0.4, -0.2) is 36.6 Å². The summed E-state index contributed by atoms with van der Waals surface area (Å²) in [7, 11) is 0. The highest BCUT2D eigenvalue weighted by molar-refractivity contribution is 5.88. The Morgan fingerprint density at radius 2 is 1.72 bits per heavy atom. The third-order valence-corrected chi connectivity index (χ3v) is 5.43. The van der Waals surface area contributed by atoms with Crippen LogP contribution < -0.4 is 14.8 Å². The Bertz CT molecular complexity index is 862. The first-order chi connectivity index (χ1) is 14.2. The first-order valence-corrected chi connectivity index (χ1v) is 10.2. The number of nitrogens with zero attached hydrogens (tertiary/aromatic N) is 1. The molecule has 1 fully saturated rings. The van der Waals surface area contributed by atoms with Crippen molar-refractivity contribution in [1.82, 2.24) is 10.2 Å². The van der Waals surface area contributed by atoms with Crippen molar-refractivity contribution in [2.45, 2.75) is 38.1 Å². The number of benzene rings is 2. The fourth-order valence-electron chi connectivity index (χ4n) is 3.82. The smallest absolute Gasteiger partial charge is 0.249 e. The lowest BCUT2D eigenvalue weighted by Gasteiger charge is -2.31. The van der Waals surface area contributed by atoms with Crippen LogP contribution in [0.1, 0.15) is 42.9 Å². The van der Waals surface area contributed by atoms with E-state index in [-0.39, 0.29) is 18.6 Å². The van der Waals surface area contributed by atoms with Gasteiger partial charge in [-0.15, -0.1) is 0 Å². The lowest BCUT2D eigenvalue weighted by Crippen LogP contribution is -2.45. The minimum absolute atomic E-state index is 0.0210. The molecule has 29 heavy (non-hydrogen) atoms. The Morgan fingerprint density at radius 3 is 2.52 bits per heavy atom. The molecule has 0 spiro atoms. The van der Waals surface area contributed by atoms with Gasteiger partial charge in [0.2, 0.25) is 18.6 Å². The lowest BCUT2D eigenvalue weighted by molar-refractivity contribution is -0.137. The van der Waals surface area contributed by atoms with Gasteiger partial charge in [0.15, 0.2) is 11.5 Å². The van der Waals surface area contributed by atoms with E-state index in [2.05, 4.69) is 5.32 Å². The van der Waals surface area contributed by atoms with E-state index in [0.29, 0.717) is 18.6 Å². The molecule has 2 heterocycles. The number of nitrogens with one attached hydrogen (secondary N) is 1. The van der Waals surface area contributed by atoms with E-state index < -0.39 is 6.04 Å². The predicted molar refractivity (Wildman–Crippen MR) is 109 cm³/mol. The topological polar surface area (TPSA) is 67.9 Å². The summed E-state index contributed by atoms with van der Waals surface area (Å²) in [6, 6.07) is 14.6. The molecule has 2 aromatic rings. The van der Waals surface area contributed by atoms with Crippen molar-refractivity contribution in [2.24, 2.45) is 0 Å². The van der Waals surface area contributed by atoms with Crippen molar-refractivity contribution < 1.29 is 19.1 Å². The number of ether oxygens (including phenoxy) is 2. The zero-order valence-electron chi connectivity index (χ0n) is 16.4. The van der Waals surface area contributed by atoms with Crippen molar-refractivity contribution >= 4 is 11.8 Å². The molecule has 152 valence electrons. The van der Waals surface area contributed by atoms with Crippen molar-refractivity contribution in [1.29, 1.82) is 0 Å². The molecule has 0 bridgehead atoms. The average Bonchev–Trinajstić information content (AvgIpc) is 3.25. The van der Waals surface area contributed by atoms with Crippen molar-refractivity contribution in [3.63, 3.8) is 0 Å². The zero-order chi connectivity index (χ0) is 20.1. The molecule has 4 rings (SSSR count). The molecule has 1 N–H and O–H groups in total. The number of piperidine rings is 1. The normalized spacial score (nSPS) is 16.3. The Balaban J connectivity index is 1.41. The summed E-state index contributed by atoms with van der Waals surface area (Å²) in [6.45, 7) is 1.75. The number of carbonyl (C=O) groups is 2. The predicted octanol–water partition coefficient (Wildman–Crippen LogP) is 3.22. The van der Waals surface area contributed by atoms with Gasteiger partial charge in [-0.25, -0.2) is 0 Å². The van der Waals surface area contributed by atoms with E-state index in [1.165, 1.54) is 0 Å². The summed E-state index contributed by atoms with van der Waals surface area (Å²) >= 11 is 0. The molecule has 2 aliphatic rings. The number of rotatable bonds is 6. The Kier molecular flexibility index (Phi) is 5.98. The number of hydrogen-bond donors (Lipinski definition) is 1. The van der Waals surface area contributed by atoms with Crippen molar-refractivity contribution in [3.05, 3.63) is 59.7 Å². The Labute approximate surface area is 170 Å². The average molecular weight is 394 g/mol. The maximum absolute atomic E-state index is 13.1. The van der Waals surface area contributed by atoms with Crippen LogP contribution in [0.3, 0.4) is 0 Å². The van der Waals surface area contributed by atoms with Crippen LogP contribution in [-0.2, 0) is 16.0 Å². The molecule has 6 nitrogen and oxygen atoms in total. The number of aryl methyl sites for hydroxylation is 1. The molecule has 2 amide bonds. The van der Waals surface area contributed by atoms with Gasteiger partial charge in [-0.1, -0.05) is 36.4 Å². The van der Waals surface area contributed by atoms with Gasteiger partial charge in [0, 0.05) is 19.5 Å². The number of likely N-dealkylation sites (tertiary alicyclic amines) is 1. The van der Waals surface area contributed by atoms with Crippen LogP contribution in [0.15, 0.2) is 48.5 Å². The first kappa shape index (κ1) is 19.3. The van der Waals surface area contributed by atoms with Crippen LogP contribution in [0.2, 0.25) is 0 Å². The van der Waals surface area contributed by atoms with Crippen LogP contribution in [0.4, 0.5) is 0 Å². The standard InChI is InChI=1S/C23H26N2O4/c26-21(12-10-17-9-11-19-20(15-17)29-16-28-19)24-22(18-7-3-1-4-8-18)23(27)25-13-5-2-6-14-25/h1,3-4,7-9,11,15,22H,2,5-6,10,12-14,16H2,(H,24,26). The second-order valence-electron chi connectivity index (χ2n) is 7.48. The van der Waals surface area contributed by atoms with Gasteiger partial charge in [0.05, 0.1) is 0 Å². The molecule has 0 aliphatic carbocycles. The number of amides is 2. The molecular formula is C23H26N2O4. The summed E-state index contributed by atoms with van der Waals surface area (Å²) < 4.78 is 10.7. The fourth-order valence-corrected chi connectivity index (χ4v) is 3.82. The summed E-state index contributed by atoms with van der Waals surface area (Å²) in [6.07, 6.45) is 4.07. The van der Waals surface area contributed by atoms with Crippen LogP contribution in [0, 0.1) is 0 Å². The number of carbonyl (C=O) groups excluding carboxylic acids is 2. The van der Waals surface area contributed by atoms with Gasteiger partial charge in [-0.05, 0) is 48.9 Å². The molecular weight excluding hydrogens is 368 g/mol. The molecule has 1 saturated heterocycles. The maximum atomic E-state index is 13.1. The molecule has 6 heteroatoms. The van der Waals surface area contributed by atoms with Crippen LogP contribution in [0.25, 0.3) is 0 Å².